The van der Waals surface area contributed by atoms with E-state index in [9.17, 15) is 4.79 Å². The van der Waals surface area contributed by atoms with Crippen LogP contribution in [0.15, 0.2) is 24.3 Å². The van der Waals surface area contributed by atoms with Crippen molar-refractivity contribution in [1.29, 1.82) is 0 Å². The maximum atomic E-state index is 11.1. The number of esters is 1. The third-order valence-corrected chi connectivity index (χ3v) is 1.78. The lowest BCUT2D eigenvalue weighted by molar-refractivity contribution is -0.144. The fraction of sp³-hybridized carbons (Fsp3) is 0.545. The van der Waals surface area contributed by atoms with Gasteiger partial charge in [-0.3, -0.25) is 0 Å². The molecule has 0 aliphatic rings. The molecule has 0 aromatic rings. The molecule has 0 amide bonds. The van der Waals surface area contributed by atoms with Crippen LogP contribution in [0.25, 0.3) is 0 Å². The molecule has 0 saturated heterocycles. The Hall–Kier alpha value is -1.05. The summed E-state index contributed by atoms with van der Waals surface area (Å²) in [6.45, 7) is 7.83. The Morgan fingerprint density at radius 2 is 1.85 bits per heavy atom. The van der Waals surface area contributed by atoms with Gasteiger partial charge in [-0.05, 0) is 19.8 Å². The Bertz CT molecular complexity index is 202. The van der Waals surface area contributed by atoms with Gasteiger partial charge >= 0.3 is 5.97 Å². The molecule has 0 N–H and O–H groups in total. The summed E-state index contributed by atoms with van der Waals surface area (Å²) in [5, 5.41) is 0. The lowest BCUT2D eigenvalue weighted by atomic mass is 10.1. The van der Waals surface area contributed by atoms with Crippen LogP contribution < -0.4 is 0 Å². The molecule has 1 unspecified atom stereocenters. The first-order chi connectivity index (χ1) is 6.07. The van der Waals surface area contributed by atoms with Gasteiger partial charge in [0.15, 0.2) is 0 Å². The summed E-state index contributed by atoms with van der Waals surface area (Å²) in [5.74, 6) is 0.0818. The average Bonchev–Trinajstić information content (AvgIpc) is 2.04. The van der Waals surface area contributed by atoms with Crippen molar-refractivity contribution in [3.63, 3.8) is 0 Å². The van der Waals surface area contributed by atoms with E-state index in [4.69, 9.17) is 4.74 Å². The summed E-state index contributed by atoms with van der Waals surface area (Å²) in [7, 11) is 0. The molecule has 0 aliphatic heterocycles. The summed E-state index contributed by atoms with van der Waals surface area (Å²) in [4.78, 5) is 11.1. The number of carbonyl (C=O) groups is 1. The number of ether oxygens (including phenoxy) is 1. The predicted molar refractivity (Wildman–Crippen MR) is 54.3 cm³/mol. The van der Waals surface area contributed by atoms with Crippen molar-refractivity contribution in [1.82, 2.24) is 0 Å². The Morgan fingerprint density at radius 1 is 1.23 bits per heavy atom. The number of rotatable bonds is 4. The second-order valence-corrected chi connectivity index (χ2v) is 3.27. The van der Waals surface area contributed by atoms with E-state index in [0.717, 1.165) is 0 Å². The fourth-order valence-electron chi connectivity index (χ4n) is 0.604. The highest BCUT2D eigenvalue weighted by Crippen LogP contribution is 2.05. The van der Waals surface area contributed by atoms with Crippen molar-refractivity contribution in [3.8, 4) is 0 Å². The molecule has 74 valence electrons. The largest absolute Gasteiger partial charge is 0.459 e. The lowest BCUT2D eigenvalue weighted by Crippen LogP contribution is -2.18. The molecular weight excluding hydrogens is 164 g/mol. The zero-order chi connectivity index (χ0) is 10.3. The molecule has 0 spiro atoms. The van der Waals surface area contributed by atoms with Crippen LogP contribution in [0.4, 0.5) is 0 Å². The summed E-state index contributed by atoms with van der Waals surface area (Å²) in [5.41, 5.74) is 0. The lowest BCUT2D eigenvalue weighted by Gasteiger charge is -2.14. The van der Waals surface area contributed by atoms with E-state index in [1.54, 1.807) is 12.2 Å². The highest BCUT2D eigenvalue weighted by molar-refractivity contribution is 5.82. The Morgan fingerprint density at radius 3 is 2.31 bits per heavy atom. The first-order valence-electron chi connectivity index (χ1n) is 4.58. The van der Waals surface area contributed by atoms with Crippen molar-refractivity contribution in [2.45, 2.75) is 33.8 Å². The minimum atomic E-state index is -0.278. The highest BCUT2D eigenvalue weighted by Gasteiger charge is 2.09. The van der Waals surface area contributed by atoms with Crippen molar-refractivity contribution in [2.75, 3.05) is 0 Å². The topological polar surface area (TPSA) is 26.3 Å². The van der Waals surface area contributed by atoms with Gasteiger partial charge < -0.3 is 4.74 Å². The molecule has 0 aromatic carbocycles. The Labute approximate surface area is 80.3 Å². The summed E-state index contributed by atoms with van der Waals surface area (Å²) in [6, 6.07) is 0. The van der Waals surface area contributed by atoms with Gasteiger partial charge in [-0.2, -0.15) is 0 Å². The smallest absolute Gasteiger partial charge is 0.331 e. The molecule has 2 heteroatoms. The minimum absolute atomic E-state index is 0.0252. The first kappa shape index (κ1) is 11.9. The van der Waals surface area contributed by atoms with Crippen LogP contribution >= 0.6 is 0 Å². The molecule has 0 saturated carbocycles. The number of hydrogen-bond donors (Lipinski definition) is 0. The monoisotopic (exact) mass is 182 g/mol. The van der Waals surface area contributed by atoms with E-state index < -0.39 is 0 Å². The van der Waals surface area contributed by atoms with Crippen LogP contribution in [-0.4, -0.2) is 12.1 Å². The fourth-order valence-corrected chi connectivity index (χ4v) is 0.604. The zero-order valence-corrected chi connectivity index (χ0v) is 8.78. The van der Waals surface area contributed by atoms with Crippen molar-refractivity contribution >= 4 is 5.97 Å². The van der Waals surface area contributed by atoms with E-state index in [0.29, 0.717) is 5.92 Å². The minimum Gasteiger partial charge on any atom is -0.459 e. The number of allylic oxidation sites excluding steroid dienone is 3. The van der Waals surface area contributed by atoms with Gasteiger partial charge in [0.25, 0.3) is 0 Å². The normalized spacial score (nSPS) is 14.2. The number of hydrogen-bond acceptors (Lipinski definition) is 2. The summed E-state index contributed by atoms with van der Waals surface area (Å²) in [6.07, 6.45) is 6.73. The Balaban J connectivity index is 3.87. The van der Waals surface area contributed by atoms with E-state index >= 15 is 0 Å². The van der Waals surface area contributed by atoms with Crippen LogP contribution in [-0.2, 0) is 9.53 Å². The van der Waals surface area contributed by atoms with E-state index in [1.165, 1.54) is 6.08 Å². The molecule has 0 bridgehead atoms. The molecule has 0 radical (unpaired) electrons. The molecule has 0 fully saturated rings. The maximum absolute atomic E-state index is 11.1. The number of carbonyl (C=O) groups excluding carboxylic acids is 1. The van der Waals surface area contributed by atoms with E-state index in [2.05, 4.69) is 0 Å². The predicted octanol–water partition coefficient (Wildman–Crippen LogP) is 2.71. The van der Waals surface area contributed by atoms with Gasteiger partial charge in [-0.15, -0.1) is 0 Å². The quantitative estimate of drug-likeness (QED) is 0.379. The van der Waals surface area contributed by atoms with Gasteiger partial charge in [-0.25, -0.2) is 4.79 Å². The summed E-state index contributed by atoms with van der Waals surface area (Å²) >= 11 is 0. The van der Waals surface area contributed by atoms with Gasteiger partial charge in [0.05, 0.1) is 0 Å². The first-order valence-corrected chi connectivity index (χ1v) is 4.58. The van der Waals surface area contributed by atoms with E-state index in [-0.39, 0.29) is 12.1 Å². The van der Waals surface area contributed by atoms with Gasteiger partial charge in [0, 0.05) is 6.08 Å². The van der Waals surface area contributed by atoms with Crippen LogP contribution in [0.2, 0.25) is 0 Å². The van der Waals surface area contributed by atoms with Gasteiger partial charge in [-0.1, -0.05) is 32.1 Å². The molecule has 0 heterocycles. The molecule has 0 aliphatic carbocycles. The summed E-state index contributed by atoms with van der Waals surface area (Å²) < 4.78 is 5.10. The Kier molecular flexibility index (Phi) is 5.94. The average molecular weight is 182 g/mol. The van der Waals surface area contributed by atoms with Gasteiger partial charge in [0.2, 0.25) is 0 Å². The zero-order valence-electron chi connectivity index (χ0n) is 8.78. The van der Waals surface area contributed by atoms with Crippen LogP contribution in [0.5, 0.6) is 0 Å². The van der Waals surface area contributed by atoms with Crippen molar-refractivity contribution < 1.29 is 9.53 Å². The van der Waals surface area contributed by atoms with Crippen molar-refractivity contribution in [3.05, 3.63) is 24.3 Å². The van der Waals surface area contributed by atoms with E-state index in [1.807, 2.05) is 33.8 Å². The van der Waals surface area contributed by atoms with Crippen LogP contribution in [0.1, 0.15) is 27.7 Å². The van der Waals surface area contributed by atoms with Crippen molar-refractivity contribution in [2.24, 2.45) is 5.92 Å². The molecular formula is C11H18O2. The highest BCUT2D eigenvalue weighted by atomic mass is 16.5. The maximum Gasteiger partial charge on any atom is 0.331 e. The van der Waals surface area contributed by atoms with Crippen LogP contribution in [0.3, 0.4) is 0 Å². The SMILES string of the molecule is C/C=C/C=C/C(=O)OC(C)C(C)C. The molecule has 0 aromatic heterocycles. The second kappa shape index (κ2) is 6.46. The van der Waals surface area contributed by atoms with Gasteiger partial charge in [0.1, 0.15) is 6.10 Å². The third-order valence-electron chi connectivity index (χ3n) is 1.78. The second-order valence-electron chi connectivity index (χ2n) is 3.27. The molecule has 2 nitrogen and oxygen atoms in total. The standard InChI is InChI=1S/C11H18O2/c1-5-6-7-8-11(12)13-10(4)9(2)3/h5-10H,1-4H3/b6-5+,8-7+. The van der Waals surface area contributed by atoms with Crippen LogP contribution in [0, 0.1) is 5.92 Å². The molecule has 1 atom stereocenters. The molecule has 13 heavy (non-hydrogen) atoms. The molecule has 0 rings (SSSR count). The third kappa shape index (κ3) is 6.14.